The van der Waals surface area contributed by atoms with Crippen LogP contribution in [0, 0.1) is 0 Å². The number of benzene rings is 1. The average molecular weight is 343 g/mol. The van der Waals surface area contributed by atoms with Gasteiger partial charge in [0.1, 0.15) is 5.76 Å². The molecule has 1 aliphatic heterocycles. The standard InChI is InChI=1S/C19H25N3O3/c1-15(18-8-5-11-25-18)20-19(23)21(2)14-16-6-3-4-7-17(16)22-9-12-24-13-10-22/h3-8,11,15H,9-10,12-14H2,1-2H3,(H,20,23)/t15-/m1/s1. The van der Waals surface area contributed by atoms with E-state index in [0.29, 0.717) is 6.54 Å². The number of amides is 2. The zero-order valence-corrected chi connectivity index (χ0v) is 14.8. The highest BCUT2D eigenvalue weighted by Gasteiger charge is 2.18. The number of furan rings is 1. The van der Waals surface area contributed by atoms with E-state index in [4.69, 9.17) is 9.15 Å². The van der Waals surface area contributed by atoms with Crippen molar-refractivity contribution in [1.29, 1.82) is 0 Å². The summed E-state index contributed by atoms with van der Waals surface area (Å²) in [6.45, 7) is 5.69. The molecular weight excluding hydrogens is 318 g/mol. The lowest BCUT2D eigenvalue weighted by Crippen LogP contribution is -2.39. The van der Waals surface area contributed by atoms with E-state index in [1.807, 2.05) is 31.2 Å². The molecule has 1 N–H and O–H groups in total. The molecule has 1 aromatic carbocycles. The fourth-order valence-corrected chi connectivity index (χ4v) is 2.99. The molecule has 0 radical (unpaired) electrons. The number of morpholine rings is 1. The van der Waals surface area contributed by atoms with Crippen LogP contribution < -0.4 is 10.2 Å². The van der Waals surface area contributed by atoms with E-state index < -0.39 is 0 Å². The third kappa shape index (κ3) is 4.33. The summed E-state index contributed by atoms with van der Waals surface area (Å²) in [5.74, 6) is 0.746. The van der Waals surface area contributed by atoms with Crippen molar-refractivity contribution < 1.29 is 13.9 Å². The second-order valence-corrected chi connectivity index (χ2v) is 6.27. The summed E-state index contributed by atoms with van der Waals surface area (Å²) in [4.78, 5) is 16.5. The van der Waals surface area contributed by atoms with Gasteiger partial charge in [0.15, 0.2) is 0 Å². The van der Waals surface area contributed by atoms with Crippen LogP contribution in [-0.2, 0) is 11.3 Å². The number of carbonyl (C=O) groups excluding carboxylic acids is 1. The Bertz CT molecular complexity index is 681. The van der Waals surface area contributed by atoms with Crippen molar-refractivity contribution in [1.82, 2.24) is 10.2 Å². The summed E-state index contributed by atoms with van der Waals surface area (Å²) in [7, 11) is 1.81. The largest absolute Gasteiger partial charge is 0.467 e. The number of rotatable bonds is 5. The number of hydrogen-bond acceptors (Lipinski definition) is 4. The van der Waals surface area contributed by atoms with Gasteiger partial charge in [-0.1, -0.05) is 18.2 Å². The molecule has 0 saturated carbocycles. The SMILES string of the molecule is C[C@@H](NC(=O)N(C)Cc1ccccc1N1CCOCC1)c1ccco1. The molecule has 1 atom stereocenters. The van der Waals surface area contributed by atoms with Gasteiger partial charge in [-0.3, -0.25) is 0 Å². The molecule has 0 bridgehead atoms. The Morgan fingerprint density at radius 1 is 1.24 bits per heavy atom. The Balaban J connectivity index is 1.64. The molecule has 2 aromatic rings. The molecule has 0 aliphatic carbocycles. The maximum absolute atomic E-state index is 12.5. The Kier molecular flexibility index (Phi) is 5.60. The van der Waals surface area contributed by atoms with Crippen LogP contribution in [0.5, 0.6) is 0 Å². The van der Waals surface area contributed by atoms with E-state index in [9.17, 15) is 4.79 Å². The molecule has 1 fully saturated rings. The average Bonchev–Trinajstić information content (AvgIpc) is 3.17. The van der Waals surface area contributed by atoms with E-state index in [0.717, 1.165) is 37.6 Å². The molecule has 134 valence electrons. The maximum Gasteiger partial charge on any atom is 0.318 e. The van der Waals surface area contributed by atoms with Crippen molar-refractivity contribution >= 4 is 11.7 Å². The summed E-state index contributed by atoms with van der Waals surface area (Å²) in [6.07, 6.45) is 1.61. The molecule has 0 unspecified atom stereocenters. The number of ether oxygens (including phenoxy) is 1. The third-order valence-electron chi connectivity index (χ3n) is 4.41. The zero-order chi connectivity index (χ0) is 17.6. The van der Waals surface area contributed by atoms with E-state index in [1.54, 1.807) is 18.2 Å². The van der Waals surface area contributed by atoms with E-state index >= 15 is 0 Å². The van der Waals surface area contributed by atoms with Gasteiger partial charge in [-0.2, -0.15) is 0 Å². The van der Waals surface area contributed by atoms with Crippen molar-refractivity contribution in [3.63, 3.8) is 0 Å². The Morgan fingerprint density at radius 3 is 2.72 bits per heavy atom. The molecule has 25 heavy (non-hydrogen) atoms. The number of nitrogens with zero attached hydrogens (tertiary/aromatic N) is 2. The fourth-order valence-electron chi connectivity index (χ4n) is 2.99. The van der Waals surface area contributed by atoms with Crippen molar-refractivity contribution in [2.45, 2.75) is 19.5 Å². The summed E-state index contributed by atoms with van der Waals surface area (Å²) >= 11 is 0. The minimum atomic E-state index is -0.167. The molecule has 1 aromatic heterocycles. The fraction of sp³-hybridized carbons (Fsp3) is 0.421. The minimum absolute atomic E-state index is 0.124. The van der Waals surface area contributed by atoms with Gasteiger partial charge in [-0.05, 0) is 30.7 Å². The van der Waals surface area contributed by atoms with Crippen molar-refractivity contribution in [2.75, 3.05) is 38.3 Å². The van der Waals surface area contributed by atoms with Gasteiger partial charge in [-0.15, -0.1) is 0 Å². The number of nitrogens with one attached hydrogen (secondary N) is 1. The van der Waals surface area contributed by atoms with Crippen LogP contribution in [0.15, 0.2) is 47.1 Å². The van der Waals surface area contributed by atoms with Crippen molar-refractivity contribution in [2.24, 2.45) is 0 Å². The summed E-state index contributed by atoms with van der Waals surface area (Å²) in [5, 5.41) is 2.96. The van der Waals surface area contributed by atoms with Gasteiger partial charge in [-0.25, -0.2) is 4.79 Å². The zero-order valence-electron chi connectivity index (χ0n) is 14.8. The Labute approximate surface area is 148 Å². The normalized spacial score (nSPS) is 15.7. The highest BCUT2D eigenvalue weighted by molar-refractivity contribution is 5.74. The van der Waals surface area contributed by atoms with Gasteiger partial charge >= 0.3 is 6.03 Å². The van der Waals surface area contributed by atoms with Crippen LogP contribution in [-0.4, -0.2) is 44.3 Å². The van der Waals surface area contributed by atoms with Crippen LogP contribution in [0.4, 0.5) is 10.5 Å². The molecule has 2 heterocycles. The summed E-state index contributed by atoms with van der Waals surface area (Å²) < 4.78 is 10.8. The molecule has 6 heteroatoms. The van der Waals surface area contributed by atoms with Crippen molar-refractivity contribution in [3.8, 4) is 0 Å². The highest BCUT2D eigenvalue weighted by atomic mass is 16.5. The van der Waals surface area contributed by atoms with Crippen molar-refractivity contribution in [3.05, 3.63) is 54.0 Å². The van der Waals surface area contributed by atoms with Crippen LogP contribution in [0.1, 0.15) is 24.3 Å². The first-order valence-corrected chi connectivity index (χ1v) is 8.61. The van der Waals surface area contributed by atoms with Gasteiger partial charge in [0.25, 0.3) is 0 Å². The molecular formula is C19H25N3O3. The summed E-state index contributed by atoms with van der Waals surface area (Å²) in [6, 6.07) is 11.6. The van der Waals surface area contributed by atoms with Gasteiger partial charge in [0.2, 0.25) is 0 Å². The molecule has 2 amide bonds. The number of hydrogen-bond donors (Lipinski definition) is 1. The lowest BCUT2D eigenvalue weighted by atomic mass is 10.1. The monoisotopic (exact) mass is 343 g/mol. The first-order valence-electron chi connectivity index (χ1n) is 8.61. The number of anilines is 1. The van der Waals surface area contributed by atoms with Crippen LogP contribution in [0.25, 0.3) is 0 Å². The number of para-hydroxylation sites is 1. The predicted octanol–water partition coefficient (Wildman–Crippen LogP) is 3.02. The minimum Gasteiger partial charge on any atom is -0.467 e. The number of urea groups is 1. The van der Waals surface area contributed by atoms with Gasteiger partial charge in [0, 0.05) is 32.4 Å². The first kappa shape index (κ1) is 17.4. The van der Waals surface area contributed by atoms with Gasteiger partial charge < -0.3 is 24.3 Å². The third-order valence-corrected chi connectivity index (χ3v) is 4.41. The smallest absolute Gasteiger partial charge is 0.318 e. The van der Waals surface area contributed by atoms with E-state index in [2.05, 4.69) is 22.3 Å². The second kappa shape index (κ2) is 8.07. The van der Waals surface area contributed by atoms with Crippen LogP contribution in [0.3, 0.4) is 0 Å². The van der Waals surface area contributed by atoms with E-state index in [1.165, 1.54) is 5.69 Å². The quantitative estimate of drug-likeness (QED) is 0.907. The van der Waals surface area contributed by atoms with Crippen LogP contribution in [0.2, 0.25) is 0 Å². The Morgan fingerprint density at radius 2 is 2.00 bits per heavy atom. The van der Waals surface area contributed by atoms with Crippen LogP contribution >= 0.6 is 0 Å². The van der Waals surface area contributed by atoms with E-state index in [-0.39, 0.29) is 12.1 Å². The Hall–Kier alpha value is -2.47. The molecule has 3 rings (SSSR count). The first-order chi connectivity index (χ1) is 12.1. The highest BCUT2D eigenvalue weighted by Crippen LogP contribution is 2.23. The van der Waals surface area contributed by atoms with Gasteiger partial charge in [0.05, 0.1) is 25.5 Å². The molecule has 6 nitrogen and oxygen atoms in total. The molecule has 0 spiro atoms. The maximum atomic E-state index is 12.5. The lowest BCUT2D eigenvalue weighted by molar-refractivity contribution is 0.122. The topological polar surface area (TPSA) is 58.0 Å². The molecule has 1 aliphatic rings. The number of carbonyl (C=O) groups is 1. The summed E-state index contributed by atoms with van der Waals surface area (Å²) in [5.41, 5.74) is 2.30. The predicted molar refractivity (Wildman–Crippen MR) is 96.6 cm³/mol. The second-order valence-electron chi connectivity index (χ2n) is 6.27. The molecule has 1 saturated heterocycles. The lowest BCUT2D eigenvalue weighted by Gasteiger charge is -2.31.